The molecule has 2 aromatic rings. The van der Waals surface area contributed by atoms with Crippen molar-refractivity contribution in [2.75, 3.05) is 39.7 Å². The highest BCUT2D eigenvalue weighted by Gasteiger charge is 2.10. The summed E-state index contributed by atoms with van der Waals surface area (Å²) in [6.07, 6.45) is 0.303. The van der Waals surface area contributed by atoms with E-state index in [-0.39, 0.29) is 0 Å². The van der Waals surface area contributed by atoms with Crippen LogP contribution in [0.5, 0.6) is 11.5 Å². The molecule has 0 bridgehead atoms. The number of rotatable bonds is 9. The minimum Gasteiger partial charge on any atom is -0.493 e. The Morgan fingerprint density at radius 2 is 2.07 bits per heavy atom. The zero-order chi connectivity index (χ0) is 19.8. The molecular weight excluding hydrogens is 388 g/mol. The van der Waals surface area contributed by atoms with Crippen LogP contribution in [0.2, 0.25) is 0 Å². The second-order valence-electron chi connectivity index (χ2n) is 5.68. The Balaban J connectivity index is 1.92. The molecule has 0 atom stereocenters. The maximum atomic E-state index is 11.5. The summed E-state index contributed by atoms with van der Waals surface area (Å²) < 4.78 is 17.7. The van der Waals surface area contributed by atoms with Gasteiger partial charge in [0.15, 0.2) is 15.5 Å². The van der Waals surface area contributed by atoms with E-state index in [0.29, 0.717) is 33.9 Å². The number of anilines is 1. The molecule has 27 heavy (non-hydrogen) atoms. The van der Waals surface area contributed by atoms with E-state index < -0.39 is 6.09 Å². The molecule has 1 N–H and O–H groups in total. The molecule has 0 aliphatic carbocycles. The maximum Gasteiger partial charge on any atom is 0.413 e. The van der Waals surface area contributed by atoms with Crippen molar-refractivity contribution in [3.05, 3.63) is 27.7 Å². The number of nitrogens with zero attached hydrogens (tertiary/aromatic N) is 3. The smallest absolute Gasteiger partial charge is 0.413 e. The fourth-order valence-corrected chi connectivity index (χ4v) is 3.33. The van der Waals surface area contributed by atoms with Crippen molar-refractivity contribution in [1.82, 2.24) is 14.7 Å². The van der Waals surface area contributed by atoms with Crippen LogP contribution in [0.4, 0.5) is 9.93 Å². The lowest BCUT2D eigenvalue weighted by Gasteiger charge is -2.17. The average molecular weight is 413 g/mol. The molecule has 148 valence electrons. The lowest BCUT2D eigenvalue weighted by Crippen LogP contribution is -2.25. The zero-order valence-electron chi connectivity index (χ0n) is 15.9. The summed E-state index contributed by atoms with van der Waals surface area (Å²) in [4.78, 5) is 13.6. The summed E-state index contributed by atoms with van der Waals surface area (Å²) >= 11 is 6.55. The molecule has 0 aliphatic heterocycles. The fraction of sp³-hybridized carbons (Fsp3) is 0.471. The quantitative estimate of drug-likeness (QED) is 0.633. The second kappa shape index (κ2) is 10.2. The van der Waals surface area contributed by atoms with Gasteiger partial charge in [-0.05, 0) is 50.3 Å². The highest BCUT2D eigenvalue weighted by molar-refractivity contribution is 7.73. The molecule has 0 radical (unpaired) electrons. The van der Waals surface area contributed by atoms with Gasteiger partial charge in [-0.15, -0.1) is 5.10 Å². The van der Waals surface area contributed by atoms with Gasteiger partial charge in [-0.1, -0.05) is 17.4 Å². The average Bonchev–Trinajstić information content (AvgIpc) is 2.98. The van der Waals surface area contributed by atoms with Crippen molar-refractivity contribution in [2.24, 2.45) is 0 Å². The molecule has 1 aromatic carbocycles. The molecule has 8 nitrogen and oxygen atoms in total. The van der Waals surface area contributed by atoms with Crippen LogP contribution in [0.3, 0.4) is 0 Å². The van der Waals surface area contributed by atoms with E-state index in [1.807, 2.05) is 25.2 Å². The first-order valence-electron chi connectivity index (χ1n) is 8.38. The van der Waals surface area contributed by atoms with Gasteiger partial charge >= 0.3 is 6.09 Å². The fourth-order valence-electron chi connectivity index (χ4n) is 2.36. The highest BCUT2D eigenvalue weighted by atomic mass is 32.1. The number of ether oxygens (including phenoxy) is 3. The Hall–Kier alpha value is -2.17. The summed E-state index contributed by atoms with van der Waals surface area (Å²) in [5.74, 6) is 1.43. The molecule has 0 aliphatic rings. The van der Waals surface area contributed by atoms with Gasteiger partial charge in [-0.2, -0.15) is 0 Å². The molecule has 1 aromatic heterocycles. The molecule has 0 fully saturated rings. The summed E-state index contributed by atoms with van der Waals surface area (Å²) in [7, 11) is 5.23. The van der Waals surface area contributed by atoms with E-state index in [1.54, 1.807) is 25.8 Å². The Kier molecular flexibility index (Phi) is 8.01. The highest BCUT2D eigenvalue weighted by Crippen LogP contribution is 2.27. The van der Waals surface area contributed by atoms with Crippen LogP contribution in [0.15, 0.2) is 18.2 Å². The molecule has 0 unspecified atom stereocenters. The number of hydrogen-bond acceptors (Lipinski definition) is 8. The predicted molar refractivity (Wildman–Crippen MR) is 107 cm³/mol. The first-order chi connectivity index (χ1) is 13.0. The van der Waals surface area contributed by atoms with Crippen molar-refractivity contribution < 1.29 is 19.0 Å². The molecule has 0 saturated carbocycles. The number of hydrogen-bond donors (Lipinski definition) is 1. The van der Waals surface area contributed by atoms with Crippen LogP contribution in [0, 0.1) is 3.95 Å². The topological polar surface area (TPSA) is 77.9 Å². The number of likely N-dealkylation sites (N-methyl/N-ethyl adjacent to an activating group) is 1. The molecule has 10 heteroatoms. The van der Waals surface area contributed by atoms with Gasteiger partial charge in [0.1, 0.15) is 0 Å². The van der Waals surface area contributed by atoms with E-state index in [9.17, 15) is 4.79 Å². The molecular formula is C17H24N4O4S2. The normalized spacial score (nSPS) is 10.7. The van der Waals surface area contributed by atoms with Crippen LogP contribution in [-0.2, 0) is 17.8 Å². The third-order valence-electron chi connectivity index (χ3n) is 3.70. The summed E-state index contributed by atoms with van der Waals surface area (Å²) in [6, 6.07) is 5.89. The minimum absolute atomic E-state index is 0.302. The Morgan fingerprint density at radius 3 is 2.74 bits per heavy atom. The predicted octanol–water partition coefficient (Wildman–Crippen LogP) is 3.39. The van der Waals surface area contributed by atoms with Crippen molar-refractivity contribution in [3.63, 3.8) is 0 Å². The number of methoxy groups -OCH3 is 2. The third-order valence-corrected chi connectivity index (χ3v) is 4.92. The molecule has 1 amide bonds. The Bertz CT molecular complexity index is 822. The van der Waals surface area contributed by atoms with Crippen LogP contribution < -0.4 is 14.8 Å². The lowest BCUT2D eigenvalue weighted by molar-refractivity contribution is 0.168. The number of carbonyl (C=O) groups excluding carboxylic acids is 1. The molecule has 0 spiro atoms. The first kappa shape index (κ1) is 21.1. The monoisotopic (exact) mass is 412 g/mol. The molecule has 0 saturated heterocycles. The largest absolute Gasteiger partial charge is 0.493 e. The van der Waals surface area contributed by atoms with E-state index in [1.165, 1.54) is 11.3 Å². The number of aromatic nitrogens is 2. The van der Waals surface area contributed by atoms with Crippen LogP contribution >= 0.6 is 23.6 Å². The number of benzene rings is 1. The molecule has 2 rings (SSSR count). The summed E-state index contributed by atoms with van der Waals surface area (Å²) in [6.45, 7) is 3.37. The van der Waals surface area contributed by atoms with Crippen molar-refractivity contribution in [2.45, 2.75) is 20.0 Å². The summed E-state index contributed by atoms with van der Waals surface area (Å²) in [5.41, 5.74) is 1.14. The van der Waals surface area contributed by atoms with Crippen molar-refractivity contribution in [1.29, 1.82) is 0 Å². The first-order valence-corrected chi connectivity index (χ1v) is 9.60. The third kappa shape index (κ3) is 6.19. The van der Waals surface area contributed by atoms with E-state index >= 15 is 0 Å². The van der Waals surface area contributed by atoms with Crippen LogP contribution in [0.1, 0.15) is 12.5 Å². The van der Waals surface area contributed by atoms with Crippen molar-refractivity contribution >= 4 is 34.8 Å². The van der Waals surface area contributed by atoms with Gasteiger partial charge in [0.25, 0.3) is 0 Å². The Labute approximate surface area is 167 Å². The Morgan fingerprint density at radius 1 is 1.33 bits per heavy atom. The number of carbonyl (C=O) groups is 1. The van der Waals surface area contributed by atoms with Crippen LogP contribution in [-0.4, -0.2) is 55.2 Å². The van der Waals surface area contributed by atoms with Gasteiger partial charge < -0.3 is 14.2 Å². The zero-order valence-corrected chi connectivity index (χ0v) is 17.5. The van der Waals surface area contributed by atoms with Crippen LogP contribution in [0.25, 0.3) is 0 Å². The van der Waals surface area contributed by atoms with Crippen molar-refractivity contribution in [3.8, 4) is 11.5 Å². The van der Waals surface area contributed by atoms with Gasteiger partial charge in [0.2, 0.25) is 5.13 Å². The SMILES string of the molecule is CCOC(=O)Nc1nn(CN(C)CCc2ccc(OC)c(OC)c2)c(=S)s1. The van der Waals surface area contributed by atoms with Gasteiger partial charge in [-0.25, -0.2) is 9.48 Å². The second-order valence-corrected chi connectivity index (χ2v) is 7.30. The van der Waals surface area contributed by atoms with Gasteiger partial charge in [0.05, 0.1) is 27.5 Å². The summed E-state index contributed by atoms with van der Waals surface area (Å²) in [5, 5.41) is 7.31. The maximum absolute atomic E-state index is 11.5. The molecule has 1 heterocycles. The standard InChI is InChI=1S/C17H24N4O4S2/c1-5-25-16(22)18-15-19-21(17(26)27-15)11-20(2)9-8-12-6-7-13(23-3)14(10-12)24-4/h6-7,10H,5,8-9,11H2,1-4H3,(H,18,19,22). The minimum atomic E-state index is -0.532. The van der Waals surface area contributed by atoms with Gasteiger partial charge in [0, 0.05) is 6.54 Å². The number of amides is 1. The van der Waals surface area contributed by atoms with E-state index in [0.717, 1.165) is 18.5 Å². The number of nitrogens with one attached hydrogen (secondary N) is 1. The van der Waals surface area contributed by atoms with Gasteiger partial charge in [-0.3, -0.25) is 10.2 Å². The van der Waals surface area contributed by atoms with E-state index in [4.69, 9.17) is 26.4 Å². The lowest BCUT2D eigenvalue weighted by atomic mass is 10.1. The van der Waals surface area contributed by atoms with E-state index in [2.05, 4.69) is 15.3 Å².